The molecule has 0 saturated carbocycles. The summed E-state index contributed by atoms with van der Waals surface area (Å²) in [5, 5.41) is 6.07. The molecule has 2 atom stereocenters. The van der Waals surface area contributed by atoms with E-state index in [1.165, 1.54) is 0 Å². The minimum Gasteiger partial charge on any atom is -0.383 e. The van der Waals surface area contributed by atoms with Gasteiger partial charge in [-0.2, -0.15) is 0 Å². The lowest BCUT2D eigenvalue weighted by atomic mass is 10.1. The molecule has 1 aliphatic rings. The molecular weight excluding hydrogens is 294 g/mol. The van der Waals surface area contributed by atoms with Crippen molar-refractivity contribution in [2.75, 3.05) is 33.4 Å². The normalized spacial score (nSPS) is 19.5. The van der Waals surface area contributed by atoms with Crippen molar-refractivity contribution in [2.45, 2.75) is 25.4 Å². The Morgan fingerprint density at radius 2 is 2.17 bits per heavy atom. The third-order valence-corrected chi connectivity index (χ3v) is 4.01. The quantitative estimate of drug-likeness (QED) is 0.776. The summed E-state index contributed by atoms with van der Waals surface area (Å²) >= 11 is 0. The van der Waals surface area contributed by atoms with Gasteiger partial charge in [0.25, 0.3) is 0 Å². The van der Waals surface area contributed by atoms with Gasteiger partial charge in [-0.15, -0.1) is 0 Å². The maximum absolute atomic E-state index is 12.4. The minimum atomic E-state index is -0.455. The average molecular weight is 319 g/mol. The van der Waals surface area contributed by atoms with Crippen molar-refractivity contribution in [3.63, 3.8) is 0 Å². The van der Waals surface area contributed by atoms with Crippen LogP contribution in [0.2, 0.25) is 0 Å². The Balaban J connectivity index is 1.85. The molecule has 1 aromatic carbocycles. The molecule has 6 heteroatoms. The zero-order valence-corrected chi connectivity index (χ0v) is 13.7. The fourth-order valence-electron chi connectivity index (χ4n) is 2.69. The Hall–Kier alpha value is -1.92. The predicted molar refractivity (Wildman–Crippen MR) is 87.9 cm³/mol. The minimum absolute atomic E-state index is 0.0317. The summed E-state index contributed by atoms with van der Waals surface area (Å²) in [7, 11) is 1.61. The van der Waals surface area contributed by atoms with E-state index in [4.69, 9.17) is 4.74 Å². The maximum atomic E-state index is 12.4. The number of rotatable bonds is 7. The van der Waals surface area contributed by atoms with Gasteiger partial charge in [-0.1, -0.05) is 30.3 Å². The molecule has 0 bridgehead atoms. The number of amides is 2. The fourth-order valence-corrected chi connectivity index (χ4v) is 2.69. The first-order chi connectivity index (χ1) is 11.1. The van der Waals surface area contributed by atoms with E-state index in [9.17, 15) is 9.59 Å². The summed E-state index contributed by atoms with van der Waals surface area (Å²) in [5.41, 5.74) is 1.05. The molecule has 126 valence electrons. The number of hydrogen-bond acceptors (Lipinski definition) is 4. The van der Waals surface area contributed by atoms with E-state index >= 15 is 0 Å². The molecule has 6 nitrogen and oxygen atoms in total. The lowest BCUT2D eigenvalue weighted by Crippen LogP contribution is -2.56. The summed E-state index contributed by atoms with van der Waals surface area (Å²) in [6, 6.07) is 9.24. The second kappa shape index (κ2) is 8.64. The van der Waals surface area contributed by atoms with Crippen molar-refractivity contribution in [1.82, 2.24) is 15.5 Å². The van der Waals surface area contributed by atoms with Crippen LogP contribution in [0.3, 0.4) is 0 Å². The Morgan fingerprint density at radius 3 is 2.87 bits per heavy atom. The van der Waals surface area contributed by atoms with Gasteiger partial charge in [0.1, 0.15) is 0 Å². The maximum Gasteiger partial charge on any atom is 0.240 e. The van der Waals surface area contributed by atoms with Gasteiger partial charge >= 0.3 is 0 Å². The number of nitrogens with zero attached hydrogens (tertiary/aromatic N) is 1. The Kier molecular flexibility index (Phi) is 6.55. The van der Waals surface area contributed by atoms with Crippen molar-refractivity contribution in [2.24, 2.45) is 0 Å². The van der Waals surface area contributed by atoms with E-state index in [0.29, 0.717) is 26.2 Å². The van der Waals surface area contributed by atoms with Crippen LogP contribution in [-0.2, 0) is 14.3 Å². The summed E-state index contributed by atoms with van der Waals surface area (Å²) in [4.78, 5) is 26.3. The van der Waals surface area contributed by atoms with E-state index in [2.05, 4.69) is 10.6 Å². The summed E-state index contributed by atoms with van der Waals surface area (Å²) in [6.45, 7) is 4.36. The van der Waals surface area contributed by atoms with E-state index in [-0.39, 0.29) is 24.3 Å². The molecule has 23 heavy (non-hydrogen) atoms. The van der Waals surface area contributed by atoms with Crippen molar-refractivity contribution >= 4 is 11.8 Å². The highest BCUT2D eigenvalue weighted by atomic mass is 16.5. The highest BCUT2D eigenvalue weighted by molar-refractivity contribution is 5.89. The zero-order valence-electron chi connectivity index (χ0n) is 13.7. The smallest absolute Gasteiger partial charge is 0.240 e. The molecule has 2 amide bonds. The zero-order chi connectivity index (χ0) is 16.7. The van der Waals surface area contributed by atoms with Gasteiger partial charge in [0.2, 0.25) is 11.8 Å². The van der Waals surface area contributed by atoms with Gasteiger partial charge in [-0.05, 0) is 12.5 Å². The molecule has 1 heterocycles. The number of hydrogen-bond donors (Lipinski definition) is 2. The van der Waals surface area contributed by atoms with Gasteiger partial charge < -0.3 is 20.3 Å². The third-order valence-electron chi connectivity index (χ3n) is 4.01. The summed E-state index contributed by atoms with van der Waals surface area (Å²) in [6.07, 6.45) is 0.152. The van der Waals surface area contributed by atoms with Crippen molar-refractivity contribution in [3.05, 3.63) is 35.9 Å². The van der Waals surface area contributed by atoms with Crippen LogP contribution in [0, 0.1) is 0 Å². The monoisotopic (exact) mass is 319 g/mol. The Bertz CT molecular complexity index is 521. The molecule has 1 fully saturated rings. The largest absolute Gasteiger partial charge is 0.383 e. The van der Waals surface area contributed by atoms with Crippen LogP contribution < -0.4 is 10.6 Å². The van der Waals surface area contributed by atoms with E-state index in [0.717, 1.165) is 5.56 Å². The highest BCUT2D eigenvalue weighted by Gasteiger charge is 2.30. The van der Waals surface area contributed by atoms with Gasteiger partial charge in [-0.25, -0.2) is 0 Å². The SMILES string of the molecule is COCCN1CCNC(CC(=O)NC(C)c2ccccc2)C1=O. The predicted octanol–water partition coefficient (Wildman–Crippen LogP) is 0.701. The number of carbonyl (C=O) groups is 2. The molecule has 0 aliphatic carbocycles. The van der Waals surface area contributed by atoms with Gasteiger partial charge in [0.15, 0.2) is 0 Å². The molecule has 2 N–H and O–H groups in total. The molecular formula is C17H25N3O3. The van der Waals surface area contributed by atoms with Crippen LogP contribution in [0.25, 0.3) is 0 Å². The number of piperazine rings is 1. The number of methoxy groups -OCH3 is 1. The van der Waals surface area contributed by atoms with Crippen LogP contribution in [0.5, 0.6) is 0 Å². The number of ether oxygens (including phenoxy) is 1. The first-order valence-corrected chi connectivity index (χ1v) is 7.97. The lowest BCUT2D eigenvalue weighted by molar-refractivity contribution is -0.138. The van der Waals surface area contributed by atoms with Crippen LogP contribution >= 0.6 is 0 Å². The van der Waals surface area contributed by atoms with E-state index in [1.54, 1.807) is 12.0 Å². The van der Waals surface area contributed by atoms with Crippen molar-refractivity contribution in [3.8, 4) is 0 Å². The summed E-state index contributed by atoms with van der Waals surface area (Å²) < 4.78 is 5.02. The Labute approximate surface area is 137 Å². The number of benzene rings is 1. The summed E-state index contributed by atoms with van der Waals surface area (Å²) in [5.74, 6) is -0.156. The first-order valence-electron chi connectivity index (χ1n) is 7.97. The molecule has 2 unspecified atom stereocenters. The van der Waals surface area contributed by atoms with E-state index < -0.39 is 6.04 Å². The molecule has 1 aliphatic heterocycles. The van der Waals surface area contributed by atoms with Gasteiger partial charge in [-0.3, -0.25) is 9.59 Å². The molecule has 0 spiro atoms. The number of carbonyl (C=O) groups excluding carboxylic acids is 2. The van der Waals surface area contributed by atoms with Crippen LogP contribution in [0.4, 0.5) is 0 Å². The molecule has 0 radical (unpaired) electrons. The second-order valence-electron chi connectivity index (χ2n) is 5.73. The first kappa shape index (κ1) is 17.4. The second-order valence-corrected chi connectivity index (χ2v) is 5.73. The third kappa shape index (κ3) is 5.04. The molecule has 1 saturated heterocycles. The Morgan fingerprint density at radius 1 is 1.43 bits per heavy atom. The standard InChI is InChI=1S/C17H25N3O3/c1-13(14-6-4-3-5-7-14)19-16(21)12-15-17(22)20(9-8-18-15)10-11-23-2/h3-7,13,15,18H,8-12H2,1-2H3,(H,19,21). The lowest BCUT2D eigenvalue weighted by Gasteiger charge is -2.33. The van der Waals surface area contributed by atoms with Crippen LogP contribution in [-0.4, -0.2) is 56.1 Å². The van der Waals surface area contributed by atoms with Gasteiger partial charge in [0.05, 0.1) is 25.1 Å². The van der Waals surface area contributed by atoms with Crippen molar-refractivity contribution < 1.29 is 14.3 Å². The fraction of sp³-hybridized carbons (Fsp3) is 0.529. The van der Waals surface area contributed by atoms with Crippen LogP contribution in [0.1, 0.15) is 24.9 Å². The van der Waals surface area contributed by atoms with Gasteiger partial charge in [0, 0.05) is 26.7 Å². The molecule has 0 aromatic heterocycles. The average Bonchev–Trinajstić information content (AvgIpc) is 2.56. The van der Waals surface area contributed by atoms with Crippen LogP contribution in [0.15, 0.2) is 30.3 Å². The number of nitrogens with one attached hydrogen (secondary N) is 2. The van der Waals surface area contributed by atoms with E-state index in [1.807, 2.05) is 37.3 Å². The topological polar surface area (TPSA) is 70.7 Å². The van der Waals surface area contributed by atoms with Crippen molar-refractivity contribution in [1.29, 1.82) is 0 Å². The molecule has 1 aromatic rings. The highest BCUT2D eigenvalue weighted by Crippen LogP contribution is 2.12. The molecule has 2 rings (SSSR count).